The number of methoxy groups -OCH3 is 1. The van der Waals surface area contributed by atoms with Crippen LogP contribution in [0.5, 0.6) is 5.75 Å². The number of nitrogens with two attached hydrogens (primary N) is 1. The molecule has 0 bridgehead atoms. The highest BCUT2D eigenvalue weighted by molar-refractivity contribution is 5.84. The van der Waals surface area contributed by atoms with Gasteiger partial charge in [0, 0.05) is 12.6 Å². The summed E-state index contributed by atoms with van der Waals surface area (Å²) in [7, 11) is 3.16. The number of hydrogen-bond donors (Lipinski definition) is 1. The molecule has 1 amide bonds. The number of nitrogens with zero attached hydrogens (tertiary/aromatic N) is 1. The van der Waals surface area contributed by atoms with Crippen molar-refractivity contribution in [3.8, 4) is 5.75 Å². The van der Waals surface area contributed by atoms with Gasteiger partial charge < -0.3 is 4.74 Å². The molecule has 4 nitrogen and oxygen atoms in total. The Morgan fingerprint density at radius 1 is 1.41 bits per heavy atom. The maximum atomic E-state index is 11.9. The number of carbonyl (C=O) groups is 1. The molecule has 0 saturated heterocycles. The molecule has 1 atom stereocenters. The maximum Gasteiger partial charge on any atom is 0.243 e. The Morgan fingerprint density at radius 2 is 2.00 bits per heavy atom. The molecule has 0 saturated carbocycles. The first-order chi connectivity index (χ1) is 7.88. The lowest BCUT2D eigenvalue weighted by Crippen LogP contribution is -2.36. The summed E-state index contributed by atoms with van der Waals surface area (Å²) in [6.07, 6.45) is 0. The molecule has 0 aliphatic heterocycles. The molecule has 1 aromatic carbocycles. The van der Waals surface area contributed by atoms with Crippen LogP contribution in [0.25, 0.3) is 0 Å². The van der Waals surface area contributed by atoms with Crippen molar-refractivity contribution in [3.63, 3.8) is 0 Å². The third-order valence-corrected chi connectivity index (χ3v) is 2.86. The molecule has 2 N–H and O–H groups in total. The molecule has 94 valence electrons. The van der Waals surface area contributed by atoms with Crippen molar-refractivity contribution in [2.24, 2.45) is 5.84 Å². The van der Waals surface area contributed by atoms with Crippen molar-refractivity contribution in [1.29, 1.82) is 0 Å². The third-order valence-electron chi connectivity index (χ3n) is 2.86. The standard InChI is InChI=1S/C13H20N2O2/c1-8-6-9(2)12(11(7-8)17-5)10(3)13(16)15(4)14/h6-7,10H,14H2,1-5H3. The molecule has 0 aliphatic carbocycles. The Bertz CT molecular complexity index is 428. The SMILES string of the molecule is COc1cc(C)cc(C)c1C(C)C(=O)N(C)N. The van der Waals surface area contributed by atoms with E-state index in [4.69, 9.17) is 10.6 Å². The van der Waals surface area contributed by atoms with Crippen molar-refractivity contribution in [2.75, 3.05) is 14.2 Å². The van der Waals surface area contributed by atoms with Gasteiger partial charge in [-0.05, 0) is 38.0 Å². The van der Waals surface area contributed by atoms with Gasteiger partial charge in [-0.2, -0.15) is 0 Å². The first-order valence-electron chi connectivity index (χ1n) is 5.55. The number of aryl methyl sites for hydroxylation is 2. The number of hydrogen-bond acceptors (Lipinski definition) is 3. The molecule has 1 aromatic rings. The second-order valence-corrected chi connectivity index (χ2v) is 4.37. The molecule has 0 spiro atoms. The van der Waals surface area contributed by atoms with E-state index in [-0.39, 0.29) is 11.8 Å². The van der Waals surface area contributed by atoms with Crippen LogP contribution in [0.3, 0.4) is 0 Å². The summed E-state index contributed by atoms with van der Waals surface area (Å²) < 4.78 is 5.35. The van der Waals surface area contributed by atoms with E-state index in [2.05, 4.69) is 0 Å². The minimum Gasteiger partial charge on any atom is -0.496 e. The number of hydrazine groups is 1. The lowest BCUT2D eigenvalue weighted by Gasteiger charge is -2.21. The second-order valence-electron chi connectivity index (χ2n) is 4.37. The molecule has 0 aromatic heterocycles. The van der Waals surface area contributed by atoms with E-state index in [0.29, 0.717) is 0 Å². The van der Waals surface area contributed by atoms with E-state index in [1.807, 2.05) is 32.9 Å². The molecule has 0 fully saturated rings. The average Bonchev–Trinajstić information content (AvgIpc) is 2.25. The summed E-state index contributed by atoms with van der Waals surface area (Å²) in [5.41, 5.74) is 3.06. The minimum absolute atomic E-state index is 0.129. The fourth-order valence-corrected chi connectivity index (χ4v) is 2.09. The van der Waals surface area contributed by atoms with E-state index in [9.17, 15) is 4.79 Å². The Balaban J connectivity index is 3.25. The third kappa shape index (κ3) is 2.77. The van der Waals surface area contributed by atoms with Gasteiger partial charge in [0.1, 0.15) is 5.75 Å². The monoisotopic (exact) mass is 236 g/mol. The van der Waals surface area contributed by atoms with E-state index in [0.717, 1.165) is 27.4 Å². The van der Waals surface area contributed by atoms with Crippen LogP contribution in [-0.4, -0.2) is 25.1 Å². The fraction of sp³-hybridized carbons (Fsp3) is 0.462. The van der Waals surface area contributed by atoms with Crippen LogP contribution in [0.4, 0.5) is 0 Å². The molecule has 4 heteroatoms. The molecule has 17 heavy (non-hydrogen) atoms. The largest absolute Gasteiger partial charge is 0.496 e. The summed E-state index contributed by atoms with van der Waals surface area (Å²) in [5, 5.41) is 1.11. The first-order valence-corrected chi connectivity index (χ1v) is 5.55. The van der Waals surface area contributed by atoms with Crippen molar-refractivity contribution in [2.45, 2.75) is 26.7 Å². The zero-order valence-corrected chi connectivity index (χ0v) is 11.1. The number of likely N-dealkylation sites (N-methyl/N-ethyl adjacent to an activating group) is 1. The van der Waals surface area contributed by atoms with Crippen LogP contribution in [0.2, 0.25) is 0 Å². The quantitative estimate of drug-likeness (QED) is 0.494. The van der Waals surface area contributed by atoms with Crippen molar-refractivity contribution in [3.05, 3.63) is 28.8 Å². The number of benzene rings is 1. The normalized spacial score (nSPS) is 12.1. The summed E-state index contributed by atoms with van der Waals surface area (Å²) in [6, 6.07) is 3.97. The van der Waals surface area contributed by atoms with Gasteiger partial charge in [0.05, 0.1) is 13.0 Å². The summed E-state index contributed by atoms with van der Waals surface area (Å²) in [5.74, 6) is 5.80. The van der Waals surface area contributed by atoms with Gasteiger partial charge in [-0.25, -0.2) is 5.84 Å². The number of carbonyl (C=O) groups excluding carboxylic acids is 1. The number of ether oxygens (including phenoxy) is 1. The smallest absolute Gasteiger partial charge is 0.243 e. The highest BCUT2D eigenvalue weighted by Crippen LogP contribution is 2.31. The summed E-state index contributed by atoms with van der Waals surface area (Å²) in [4.78, 5) is 11.9. The Labute approximate surface area is 102 Å². The lowest BCUT2D eigenvalue weighted by atomic mass is 9.93. The highest BCUT2D eigenvalue weighted by Gasteiger charge is 2.23. The van der Waals surface area contributed by atoms with Gasteiger partial charge in [0.15, 0.2) is 0 Å². The molecule has 1 rings (SSSR count). The zero-order chi connectivity index (χ0) is 13.2. The Kier molecular flexibility index (Phi) is 4.12. The lowest BCUT2D eigenvalue weighted by molar-refractivity contribution is -0.131. The number of amides is 1. The van der Waals surface area contributed by atoms with Gasteiger partial charge in [-0.3, -0.25) is 9.80 Å². The van der Waals surface area contributed by atoms with E-state index in [1.165, 1.54) is 0 Å². The molecule has 0 aliphatic rings. The molecular formula is C13H20N2O2. The number of rotatable bonds is 3. The van der Waals surface area contributed by atoms with E-state index >= 15 is 0 Å². The van der Waals surface area contributed by atoms with Gasteiger partial charge in [0.2, 0.25) is 5.91 Å². The molecular weight excluding hydrogens is 216 g/mol. The van der Waals surface area contributed by atoms with E-state index < -0.39 is 0 Å². The van der Waals surface area contributed by atoms with Gasteiger partial charge in [0.25, 0.3) is 0 Å². The molecule has 0 radical (unpaired) electrons. The van der Waals surface area contributed by atoms with Crippen LogP contribution in [0.1, 0.15) is 29.5 Å². The second kappa shape index (κ2) is 5.19. The molecule has 1 unspecified atom stereocenters. The van der Waals surface area contributed by atoms with Crippen molar-refractivity contribution >= 4 is 5.91 Å². The summed E-state index contributed by atoms with van der Waals surface area (Å²) in [6.45, 7) is 5.82. The first kappa shape index (κ1) is 13.5. The predicted octanol–water partition coefficient (Wildman–Crippen LogP) is 1.75. The maximum absolute atomic E-state index is 11.9. The average molecular weight is 236 g/mol. The van der Waals surface area contributed by atoms with Gasteiger partial charge >= 0.3 is 0 Å². The topological polar surface area (TPSA) is 55.6 Å². The van der Waals surface area contributed by atoms with Crippen LogP contribution in [0.15, 0.2) is 12.1 Å². The predicted molar refractivity (Wildman–Crippen MR) is 67.8 cm³/mol. The molecule has 0 heterocycles. The van der Waals surface area contributed by atoms with Gasteiger partial charge in [-0.1, -0.05) is 6.07 Å². The Hall–Kier alpha value is -1.55. The van der Waals surface area contributed by atoms with E-state index in [1.54, 1.807) is 14.2 Å². The van der Waals surface area contributed by atoms with Gasteiger partial charge in [-0.15, -0.1) is 0 Å². The van der Waals surface area contributed by atoms with Crippen LogP contribution >= 0.6 is 0 Å². The zero-order valence-electron chi connectivity index (χ0n) is 11.1. The highest BCUT2D eigenvalue weighted by atomic mass is 16.5. The fourth-order valence-electron chi connectivity index (χ4n) is 2.09. The summed E-state index contributed by atoms with van der Waals surface area (Å²) >= 11 is 0. The van der Waals surface area contributed by atoms with Crippen molar-refractivity contribution in [1.82, 2.24) is 5.01 Å². The Morgan fingerprint density at radius 3 is 2.47 bits per heavy atom. The van der Waals surface area contributed by atoms with Crippen LogP contribution in [0, 0.1) is 13.8 Å². The van der Waals surface area contributed by atoms with Crippen LogP contribution < -0.4 is 10.6 Å². The minimum atomic E-state index is -0.305. The van der Waals surface area contributed by atoms with Crippen LogP contribution in [-0.2, 0) is 4.79 Å². The van der Waals surface area contributed by atoms with Crippen molar-refractivity contribution < 1.29 is 9.53 Å².